The fourth-order valence-electron chi connectivity index (χ4n) is 1.57. The summed E-state index contributed by atoms with van der Waals surface area (Å²) in [5, 5.41) is 0. The number of rotatable bonds is 1. The number of carbonyl (C=O) groups is 1. The smallest absolute Gasteiger partial charge is 0.237 e. The van der Waals surface area contributed by atoms with Crippen LogP contribution in [0, 0.1) is 11.8 Å². The zero-order valence-corrected chi connectivity index (χ0v) is 6.42. The molecule has 10 heavy (non-hydrogen) atoms. The topological polar surface area (TPSA) is 69.1 Å². The fourth-order valence-corrected chi connectivity index (χ4v) is 1.57. The van der Waals surface area contributed by atoms with Crippen LogP contribution in [-0.2, 0) is 4.79 Å². The Morgan fingerprint density at radius 1 is 1.60 bits per heavy atom. The number of carbonyl (C=O) groups excluding carboxylic acids is 1. The van der Waals surface area contributed by atoms with Crippen molar-refractivity contribution in [2.24, 2.45) is 23.3 Å². The molecule has 3 nitrogen and oxygen atoms in total. The van der Waals surface area contributed by atoms with Gasteiger partial charge in [-0.25, -0.2) is 0 Å². The number of primary amides is 1. The zero-order chi connectivity index (χ0) is 7.94. The van der Waals surface area contributed by atoms with Gasteiger partial charge in [-0.1, -0.05) is 13.8 Å². The van der Waals surface area contributed by atoms with Gasteiger partial charge in [0.05, 0.1) is 5.54 Å². The van der Waals surface area contributed by atoms with Crippen LogP contribution >= 0.6 is 0 Å². The quantitative estimate of drug-likeness (QED) is 0.534. The predicted molar refractivity (Wildman–Crippen MR) is 39.1 cm³/mol. The minimum Gasteiger partial charge on any atom is -0.368 e. The second-order valence-corrected chi connectivity index (χ2v) is 3.37. The van der Waals surface area contributed by atoms with Crippen molar-refractivity contribution in [2.45, 2.75) is 25.8 Å². The Hall–Kier alpha value is -0.570. The van der Waals surface area contributed by atoms with Gasteiger partial charge in [0.15, 0.2) is 0 Å². The van der Waals surface area contributed by atoms with Gasteiger partial charge in [-0.3, -0.25) is 4.79 Å². The average Bonchev–Trinajstić information content (AvgIpc) is 1.87. The molecule has 1 aliphatic carbocycles. The predicted octanol–water partition coefficient (Wildman–Crippen LogP) is -0.155. The van der Waals surface area contributed by atoms with E-state index < -0.39 is 5.54 Å². The van der Waals surface area contributed by atoms with Crippen LogP contribution in [0.4, 0.5) is 0 Å². The molecule has 0 heterocycles. The Labute approximate surface area is 60.8 Å². The monoisotopic (exact) mass is 142 g/mol. The van der Waals surface area contributed by atoms with Gasteiger partial charge >= 0.3 is 0 Å². The zero-order valence-electron chi connectivity index (χ0n) is 6.42. The molecule has 3 heteroatoms. The molecule has 0 aromatic carbocycles. The molecule has 1 fully saturated rings. The van der Waals surface area contributed by atoms with Crippen molar-refractivity contribution in [1.82, 2.24) is 0 Å². The van der Waals surface area contributed by atoms with E-state index in [-0.39, 0.29) is 11.8 Å². The summed E-state index contributed by atoms with van der Waals surface area (Å²) < 4.78 is 0. The molecule has 1 rings (SSSR count). The maximum atomic E-state index is 10.8. The molecule has 0 saturated heterocycles. The molecule has 0 aliphatic heterocycles. The Kier molecular flexibility index (Phi) is 1.47. The summed E-state index contributed by atoms with van der Waals surface area (Å²) in [6.07, 6.45) is 0.740. The second kappa shape index (κ2) is 1.95. The van der Waals surface area contributed by atoms with Crippen LogP contribution in [0.3, 0.4) is 0 Å². The van der Waals surface area contributed by atoms with E-state index >= 15 is 0 Å². The van der Waals surface area contributed by atoms with E-state index in [2.05, 4.69) is 6.92 Å². The molecule has 4 N–H and O–H groups in total. The standard InChI is InChI=1S/C7H14N2O/c1-4-3-7(9,5(4)2)6(8)10/h4-5H,3,9H2,1-2H3,(H2,8,10). The van der Waals surface area contributed by atoms with Crippen molar-refractivity contribution in [1.29, 1.82) is 0 Å². The lowest BCUT2D eigenvalue weighted by Gasteiger charge is -2.47. The van der Waals surface area contributed by atoms with Crippen molar-refractivity contribution in [3.63, 3.8) is 0 Å². The van der Waals surface area contributed by atoms with Gasteiger partial charge in [0, 0.05) is 0 Å². The molecule has 1 aliphatic rings. The van der Waals surface area contributed by atoms with Crippen LogP contribution in [0.1, 0.15) is 20.3 Å². The van der Waals surface area contributed by atoms with E-state index in [1.54, 1.807) is 0 Å². The third kappa shape index (κ3) is 0.736. The van der Waals surface area contributed by atoms with Crippen LogP contribution in [0.2, 0.25) is 0 Å². The summed E-state index contributed by atoms with van der Waals surface area (Å²) in [6, 6.07) is 0. The first-order chi connectivity index (χ1) is 4.48. The highest BCUT2D eigenvalue weighted by atomic mass is 16.1. The fraction of sp³-hybridized carbons (Fsp3) is 0.857. The van der Waals surface area contributed by atoms with Gasteiger partial charge in [0.25, 0.3) is 0 Å². The van der Waals surface area contributed by atoms with Gasteiger partial charge in [-0.2, -0.15) is 0 Å². The molecule has 1 amide bonds. The molecule has 0 bridgehead atoms. The average molecular weight is 142 g/mol. The van der Waals surface area contributed by atoms with Crippen LogP contribution in [0.15, 0.2) is 0 Å². The molecule has 0 aromatic rings. The Balaban J connectivity index is 2.67. The van der Waals surface area contributed by atoms with Gasteiger partial charge in [0.2, 0.25) is 5.91 Å². The second-order valence-electron chi connectivity index (χ2n) is 3.37. The van der Waals surface area contributed by atoms with E-state index in [4.69, 9.17) is 11.5 Å². The van der Waals surface area contributed by atoms with E-state index in [0.717, 1.165) is 6.42 Å². The minimum absolute atomic E-state index is 0.241. The van der Waals surface area contributed by atoms with Crippen molar-refractivity contribution >= 4 is 5.91 Å². The highest BCUT2D eigenvalue weighted by molar-refractivity contribution is 5.86. The van der Waals surface area contributed by atoms with Crippen molar-refractivity contribution in [3.8, 4) is 0 Å². The minimum atomic E-state index is -0.709. The Morgan fingerprint density at radius 2 is 2.10 bits per heavy atom. The van der Waals surface area contributed by atoms with Gasteiger partial charge in [-0.15, -0.1) is 0 Å². The molecule has 3 atom stereocenters. The van der Waals surface area contributed by atoms with Crippen LogP contribution in [0.25, 0.3) is 0 Å². The first-order valence-corrected chi connectivity index (χ1v) is 3.57. The molecule has 3 unspecified atom stereocenters. The van der Waals surface area contributed by atoms with Crippen LogP contribution < -0.4 is 11.5 Å². The van der Waals surface area contributed by atoms with E-state index in [9.17, 15) is 4.79 Å². The molecule has 0 aromatic heterocycles. The molecule has 58 valence electrons. The SMILES string of the molecule is CC1CC(N)(C(N)=O)C1C. The van der Waals surface area contributed by atoms with Crippen molar-refractivity contribution in [2.75, 3.05) is 0 Å². The summed E-state index contributed by atoms with van der Waals surface area (Å²) in [5.74, 6) is 0.417. The number of hydrogen-bond acceptors (Lipinski definition) is 2. The lowest BCUT2D eigenvalue weighted by molar-refractivity contribution is -0.131. The van der Waals surface area contributed by atoms with E-state index in [0.29, 0.717) is 5.92 Å². The first kappa shape index (κ1) is 7.54. The van der Waals surface area contributed by atoms with Gasteiger partial charge in [-0.05, 0) is 18.3 Å². The molecule has 0 spiro atoms. The highest BCUT2D eigenvalue weighted by Gasteiger charge is 2.50. The maximum Gasteiger partial charge on any atom is 0.237 e. The lowest BCUT2D eigenvalue weighted by Crippen LogP contribution is -2.66. The summed E-state index contributed by atoms with van der Waals surface area (Å²) in [7, 11) is 0. The van der Waals surface area contributed by atoms with Crippen molar-refractivity contribution < 1.29 is 4.79 Å². The summed E-state index contributed by atoms with van der Waals surface area (Å²) in [4.78, 5) is 10.8. The largest absolute Gasteiger partial charge is 0.368 e. The van der Waals surface area contributed by atoms with Gasteiger partial charge < -0.3 is 11.5 Å². The third-order valence-corrected chi connectivity index (χ3v) is 2.78. The molecule has 1 saturated carbocycles. The summed E-state index contributed by atoms with van der Waals surface area (Å²) >= 11 is 0. The first-order valence-electron chi connectivity index (χ1n) is 3.57. The maximum absolute atomic E-state index is 10.8. The molecular weight excluding hydrogens is 128 g/mol. The van der Waals surface area contributed by atoms with Crippen molar-refractivity contribution in [3.05, 3.63) is 0 Å². The van der Waals surface area contributed by atoms with Gasteiger partial charge in [0.1, 0.15) is 0 Å². The Morgan fingerprint density at radius 3 is 2.20 bits per heavy atom. The number of amides is 1. The normalized spacial score (nSPS) is 46.3. The molecular formula is C7H14N2O. The van der Waals surface area contributed by atoms with Crippen LogP contribution in [-0.4, -0.2) is 11.4 Å². The lowest BCUT2D eigenvalue weighted by atomic mass is 9.61. The van der Waals surface area contributed by atoms with E-state index in [1.165, 1.54) is 0 Å². The summed E-state index contributed by atoms with van der Waals surface area (Å²) in [5.41, 5.74) is 10.1. The third-order valence-electron chi connectivity index (χ3n) is 2.78. The van der Waals surface area contributed by atoms with Crippen LogP contribution in [0.5, 0.6) is 0 Å². The Bertz CT molecular complexity index is 169. The number of hydrogen-bond donors (Lipinski definition) is 2. The van der Waals surface area contributed by atoms with E-state index in [1.807, 2.05) is 6.92 Å². The number of nitrogens with two attached hydrogens (primary N) is 2. The molecule has 0 radical (unpaired) electrons. The highest BCUT2D eigenvalue weighted by Crippen LogP contribution is 2.41. The summed E-state index contributed by atoms with van der Waals surface area (Å²) in [6.45, 7) is 4.05.